The van der Waals surface area contributed by atoms with Crippen molar-refractivity contribution in [2.45, 2.75) is 12.3 Å². The van der Waals surface area contributed by atoms with Gasteiger partial charge in [-0.2, -0.15) is 0 Å². The molecular formula is C32H34ClN3O2S. The lowest BCUT2D eigenvalue weighted by molar-refractivity contribution is 0.0351. The quantitative estimate of drug-likeness (QED) is 0.219. The zero-order chi connectivity index (χ0) is 26.9. The van der Waals surface area contributed by atoms with E-state index in [0.717, 1.165) is 59.7 Å². The molecule has 0 atom stereocenters. The first-order valence-electron chi connectivity index (χ1n) is 13.5. The van der Waals surface area contributed by atoms with Gasteiger partial charge < -0.3 is 15.0 Å². The van der Waals surface area contributed by atoms with Crippen molar-refractivity contribution in [2.75, 3.05) is 51.3 Å². The van der Waals surface area contributed by atoms with E-state index < -0.39 is 0 Å². The van der Waals surface area contributed by atoms with E-state index in [2.05, 4.69) is 58.7 Å². The SMILES string of the molecule is O=C(Nc1cccc(-c2ccc(Cl)s2)c1)N(CCC(c1ccccc1)c1ccccc1)CCN1CCOCC1. The number of halogens is 1. The fourth-order valence-corrected chi connectivity index (χ4v) is 6.04. The van der Waals surface area contributed by atoms with Crippen LogP contribution in [0, 0.1) is 0 Å². The van der Waals surface area contributed by atoms with E-state index in [9.17, 15) is 4.79 Å². The van der Waals surface area contributed by atoms with Crippen LogP contribution in [0.4, 0.5) is 10.5 Å². The van der Waals surface area contributed by atoms with Crippen molar-refractivity contribution in [1.29, 1.82) is 0 Å². The van der Waals surface area contributed by atoms with Gasteiger partial charge >= 0.3 is 6.03 Å². The molecule has 1 saturated heterocycles. The zero-order valence-electron chi connectivity index (χ0n) is 22.0. The van der Waals surface area contributed by atoms with Crippen molar-refractivity contribution in [3.05, 3.63) is 113 Å². The molecule has 0 aliphatic carbocycles. The number of ether oxygens (including phenoxy) is 1. The molecule has 2 amide bonds. The summed E-state index contributed by atoms with van der Waals surface area (Å²) in [5.41, 5.74) is 4.35. The van der Waals surface area contributed by atoms with Gasteiger partial charge in [-0.15, -0.1) is 11.3 Å². The van der Waals surface area contributed by atoms with Gasteiger partial charge in [0.15, 0.2) is 0 Å². The molecule has 1 aliphatic heterocycles. The number of amides is 2. The number of rotatable bonds is 10. The van der Waals surface area contributed by atoms with E-state index in [4.69, 9.17) is 16.3 Å². The van der Waals surface area contributed by atoms with Gasteiger partial charge in [0.1, 0.15) is 0 Å². The van der Waals surface area contributed by atoms with Crippen LogP contribution in [0.25, 0.3) is 10.4 Å². The third-order valence-electron chi connectivity index (χ3n) is 7.14. The van der Waals surface area contributed by atoms with E-state index in [0.29, 0.717) is 13.1 Å². The Morgan fingerprint density at radius 2 is 1.59 bits per heavy atom. The smallest absolute Gasteiger partial charge is 0.321 e. The van der Waals surface area contributed by atoms with Crippen LogP contribution in [0.2, 0.25) is 4.34 Å². The van der Waals surface area contributed by atoms with Gasteiger partial charge in [0.2, 0.25) is 0 Å². The first-order valence-corrected chi connectivity index (χ1v) is 14.7. The monoisotopic (exact) mass is 559 g/mol. The minimum atomic E-state index is -0.0792. The van der Waals surface area contributed by atoms with Crippen molar-refractivity contribution in [3.8, 4) is 10.4 Å². The molecule has 1 N–H and O–H groups in total. The normalized spacial score (nSPS) is 13.9. The topological polar surface area (TPSA) is 44.8 Å². The molecule has 5 nitrogen and oxygen atoms in total. The second-order valence-electron chi connectivity index (χ2n) is 9.72. The van der Waals surface area contributed by atoms with Crippen LogP contribution in [0.15, 0.2) is 97.1 Å². The van der Waals surface area contributed by atoms with Crippen molar-refractivity contribution in [1.82, 2.24) is 9.80 Å². The molecule has 0 unspecified atom stereocenters. The summed E-state index contributed by atoms with van der Waals surface area (Å²) >= 11 is 7.69. The molecule has 1 fully saturated rings. The van der Waals surface area contributed by atoms with Crippen molar-refractivity contribution in [2.24, 2.45) is 0 Å². The van der Waals surface area contributed by atoms with E-state index in [1.165, 1.54) is 22.5 Å². The maximum Gasteiger partial charge on any atom is 0.321 e. The van der Waals surface area contributed by atoms with Gasteiger partial charge in [0.25, 0.3) is 0 Å². The lowest BCUT2D eigenvalue weighted by atomic mass is 9.88. The second-order valence-corrected chi connectivity index (χ2v) is 11.4. The summed E-state index contributed by atoms with van der Waals surface area (Å²) in [6, 6.07) is 32.9. The van der Waals surface area contributed by atoms with Crippen molar-refractivity contribution >= 4 is 34.7 Å². The van der Waals surface area contributed by atoms with Gasteiger partial charge in [-0.1, -0.05) is 84.4 Å². The molecule has 2 heterocycles. The predicted molar refractivity (Wildman–Crippen MR) is 162 cm³/mol. The Morgan fingerprint density at radius 1 is 0.897 bits per heavy atom. The number of carbonyl (C=O) groups is 1. The van der Waals surface area contributed by atoms with Crippen LogP contribution in [0.1, 0.15) is 23.5 Å². The standard InChI is InChI=1S/C32H34ClN3O2S/c33-31-15-14-30(39-31)27-12-7-13-28(24-27)34-32(37)36(19-18-35-20-22-38-23-21-35)17-16-29(25-8-3-1-4-9-25)26-10-5-2-6-11-26/h1-15,24,29H,16-23H2,(H,34,37). The molecule has 0 saturated carbocycles. The third kappa shape index (κ3) is 7.70. The van der Waals surface area contributed by atoms with Crippen LogP contribution in [-0.4, -0.2) is 61.8 Å². The number of thiophene rings is 1. The fraction of sp³-hybridized carbons (Fsp3) is 0.281. The summed E-state index contributed by atoms with van der Waals surface area (Å²) in [6.07, 6.45) is 0.832. The second kappa shape index (κ2) is 13.8. The zero-order valence-corrected chi connectivity index (χ0v) is 23.5. The van der Waals surface area contributed by atoms with Gasteiger partial charge in [-0.05, 0) is 47.4 Å². The number of nitrogens with zero attached hydrogens (tertiary/aromatic N) is 2. The van der Waals surface area contributed by atoms with Gasteiger partial charge in [-0.25, -0.2) is 4.79 Å². The number of morpholine rings is 1. The Balaban J connectivity index is 1.32. The number of hydrogen-bond donors (Lipinski definition) is 1. The molecule has 202 valence electrons. The fourth-order valence-electron chi connectivity index (χ4n) is 5.01. The number of nitrogens with one attached hydrogen (secondary N) is 1. The van der Waals surface area contributed by atoms with Crippen LogP contribution >= 0.6 is 22.9 Å². The van der Waals surface area contributed by atoms with E-state index in [-0.39, 0.29) is 11.9 Å². The van der Waals surface area contributed by atoms with Gasteiger partial charge in [0.05, 0.1) is 17.6 Å². The van der Waals surface area contributed by atoms with Crippen molar-refractivity contribution in [3.63, 3.8) is 0 Å². The van der Waals surface area contributed by atoms with E-state index >= 15 is 0 Å². The van der Waals surface area contributed by atoms with Gasteiger partial charge in [-0.3, -0.25) is 4.90 Å². The molecular weight excluding hydrogens is 526 g/mol. The van der Waals surface area contributed by atoms with E-state index in [1.54, 1.807) is 0 Å². The highest BCUT2D eigenvalue weighted by atomic mass is 35.5. The summed E-state index contributed by atoms with van der Waals surface area (Å²) in [5, 5.41) is 3.17. The Morgan fingerprint density at radius 3 is 2.23 bits per heavy atom. The number of anilines is 1. The van der Waals surface area contributed by atoms with Crippen LogP contribution in [0.5, 0.6) is 0 Å². The predicted octanol–water partition coefficient (Wildman–Crippen LogP) is 7.46. The minimum Gasteiger partial charge on any atom is -0.379 e. The number of carbonyl (C=O) groups excluding carboxylic acids is 1. The third-order valence-corrected chi connectivity index (χ3v) is 8.42. The average Bonchev–Trinajstić information content (AvgIpc) is 3.43. The van der Waals surface area contributed by atoms with Crippen molar-refractivity contribution < 1.29 is 9.53 Å². The first-order chi connectivity index (χ1) is 19.2. The van der Waals surface area contributed by atoms with Crippen LogP contribution in [-0.2, 0) is 4.74 Å². The molecule has 7 heteroatoms. The highest BCUT2D eigenvalue weighted by molar-refractivity contribution is 7.19. The molecule has 0 radical (unpaired) electrons. The molecule has 39 heavy (non-hydrogen) atoms. The number of benzene rings is 3. The largest absolute Gasteiger partial charge is 0.379 e. The Labute approximate surface area is 240 Å². The molecule has 5 rings (SSSR count). The summed E-state index contributed by atoms with van der Waals surface area (Å²) in [5.74, 6) is 0.206. The highest BCUT2D eigenvalue weighted by Gasteiger charge is 2.21. The molecule has 1 aliphatic rings. The lowest BCUT2D eigenvalue weighted by Gasteiger charge is -2.31. The molecule has 4 aromatic rings. The molecule has 0 bridgehead atoms. The Kier molecular flexibility index (Phi) is 9.67. The summed E-state index contributed by atoms with van der Waals surface area (Å²) in [7, 11) is 0. The maximum absolute atomic E-state index is 13.7. The molecule has 0 spiro atoms. The summed E-state index contributed by atoms with van der Waals surface area (Å²) in [4.78, 5) is 19.1. The maximum atomic E-state index is 13.7. The van der Waals surface area contributed by atoms with Crippen LogP contribution in [0.3, 0.4) is 0 Å². The average molecular weight is 560 g/mol. The Bertz CT molecular complexity index is 1290. The Hall–Kier alpha value is -3.16. The molecule has 1 aromatic heterocycles. The minimum absolute atomic E-state index is 0.0792. The highest BCUT2D eigenvalue weighted by Crippen LogP contribution is 2.32. The lowest BCUT2D eigenvalue weighted by Crippen LogP contribution is -2.44. The molecule has 3 aromatic carbocycles. The number of hydrogen-bond acceptors (Lipinski definition) is 4. The summed E-state index contributed by atoms with van der Waals surface area (Å²) < 4.78 is 6.27. The van der Waals surface area contributed by atoms with Gasteiger partial charge in [0, 0.05) is 49.2 Å². The van der Waals surface area contributed by atoms with E-state index in [1.807, 2.05) is 53.4 Å². The number of urea groups is 1. The first kappa shape index (κ1) is 27.4. The van der Waals surface area contributed by atoms with Crippen LogP contribution < -0.4 is 5.32 Å². The summed E-state index contributed by atoms with van der Waals surface area (Å²) in [6.45, 7) is 5.42.